The van der Waals surface area contributed by atoms with E-state index in [0.717, 1.165) is 12.0 Å². The molecule has 1 aromatic carbocycles. The van der Waals surface area contributed by atoms with Crippen molar-refractivity contribution in [3.8, 4) is 12.3 Å². The van der Waals surface area contributed by atoms with Crippen LogP contribution in [0, 0.1) is 17.8 Å². The predicted octanol–water partition coefficient (Wildman–Crippen LogP) is 3.15. The fourth-order valence-electron chi connectivity index (χ4n) is 3.46. The monoisotopic (exact) mass is 287 g/mol. The predicted molar refractivity (Wildman–Crippen MR) is 77.2 cm³/mol. The minimum absolute atomic E-state index is 0.0465. The van der Waals surface area contributed by atoms with Gasteiger partial charge in [0.05, 0.1) is 12.0 Å². The molecule has 2 fully saturated rings. The summed E-state index contributed by atoms with van der Waals surface area (Å²) in [5, 5.41) is 0. The minimum Gasteiger partial charge on any atom is -0.445 e. The van der Waals surface area contributed by atoms with Crippen molar-refractivity contribution in [1.29, 1.82) is 0 Å². The molecule has 1 amide bonds. The summed E-state index contributed by atoms with van der Waals surface area (Å²) in [5.74, 6) is 2.61. The van der Waals surface area contributed by atoms with Crippen LogP contribution in [0.15, 0.2) is 30.3 Å². The molecule has 1 saturated carbocycles. The van der Waals surface area contributed by atoms with E-state index < -0.39 is 17.2 Å². The van der Waals surface area contributed by atoms with Crippen LogP contribution >= 0.6 is 0 Å². The zero-order chi connectivity index (χ0) is 14.9. The van der Waals surface area contributed by atoms with E-state index >= 15 is 0 Å². The van der Waals surface area contributed by atoms with Gasteiger partial charge in [-0.25, -0.2) is 9.18 Å². The number of carbonyl (C=O) groups excluding carboxylic acids is 1. The number of rotatable bonds is 2. The van der Waals surface area contributed by atoms with Crippen LogP contribution in [0.1, 0.15) is 24.8 Å². The Bertz CT molecular complexity index is 582. The van der Waals surface area contributed by atoms with Gasteiger partial charge in [0.15, 0.2) is 0 Å². The highest BCUT2D eigenvalue weighted by atomic mass is 19.1. The number of halogens is 1. The van der Waals surface area contributed by atoms with Crippen molar-refractivity contribution in [2.24, 2.45) is 5.41 Å². The van der Waals surface area contributed by atoms with Crippen molar-refractivity contribution in [1.82, 2.24) is 4.90 Å². The average molecular weight is 287 g/mol. The molecule has 0 radical (unpaired) electrons. The fraction of sp³-hybridized carbons (Fsp3) is 0.471. The number of hydrogen-bond donors (Lipinski definition) is 0. The summed E-state index contributed by atoms with van der Waals surface area (Å²) in [4.78, 5) is 13.5. The Morgan fingerprint density at radius 1 is 1.33 bits per heavy atom. The summed E-state index contributed by atoms with van der Waals surface area (Å²) in [7, 11) is 0. The van der Waals surface area contributed by atoms with Crippen molar-refractivity contribution in [3.63, 3.8) is 0 Å². The van der Waals surface area contributed by atoms with Crippen molar-refractivity contribution in [2.75, 3.05) is 13.1 Å². The number of benzene rings is 1. The molecule has 21 heavy (non-hydrogen) atoms. The van der Waals surface area contributed by atoms with Crippen LogP contribution in [0.2, 0.25) is 0 Å². The number of amides is 1. The lowest BCUT2D eigenvalue weighted by atomic mass is 9.79. The molecular formula is C17H18FNO2. The van der Waals surface area contributed by atoms with Crippen LogP contribution in [0.25, 0.3) is 0 Å². The molecule has 3 rings (SSSR count). The Labute approximate surface area is 124 Å². The van der Waals surface area contributed by atoms with E-state index in [-0.39, 0.29) is 19.7 Å². The summed E-state index contributed by atoms with van der Waals surface area (Å²) >= 11 is 0. The molecule has 0 unspecified atom stereocenters. The van der Waals surface area contributed by atoms with Crippen LogP contribution in [0.3, 0.4) is 0 Å². The van der Waals surface area contributed by atoms with Gasteiger partial charge in [0.2, 0.25) is 0 Å². The van der Waals surface area contributed by atoms with Crippen molar-refractivity contribution < 1.29 is 13.9 Å². The molecule has 0 aromatic heterocycles. The first-order valence-electron chi connectivity index (χ1n) is 7.21. The van der Waals surface area contributed by atoms with E-state index in [2.05, 4.69) is 5.92 Å². The topological polar surface area (TPSA) is 29.5 Å². The number of nitrogens with zero attached hydrogens (tertiary/aromatic N) is 1. The van der Waals surface area contributed by atoms with E-state index in [1.165, 1.54) is 4.90 Å². The van der Waals surface area contributed by atoms with Gasteiger partial charge >= 0.3 is 6.09 Å². The first-order valence-corrected chi connectivity index (χ1v) is 7.21. The maximum Gasteiger partial charge on any atom is 0.410 e. The smallest absolute Gasteiger partial charge is 0.410 e. The molecule has 1 heterocycles. The van der Waals surface area contributed by atoms with Gasteiger partial charge in [-0.3, -0.25) is 0 Å². The SMILES string of the molecule is C#C[C@@]12CCC[C@]1(F)CN(C(=O)OCc1ccccc1)C2. The highest BCUT2D eigenvalue weighted by Gasteiger charge is 2.62. The van der Waals surface area contributed by atoms with Gasteiger partial charge in [0.1, 0.15) is 12.3 Å². The van der Waals surface area contributed by atoms with Crippen LogP contribution in [0.4, 0.5) is 9.18 Å². The Morgan fingerprint density at radius 3 is 2.76 bits per heavy atom. The number of alkyl halides is 1. The lowest BCUT2D eigenvalue weighted by molar-refractivity contribution is 0.0909. The highest BCUT2D eigenvalue weighted by Crippen LogP contribution is 2.53. The van der Waals surface area contributed by atoms with Gasteiger partial charge in [-0.2, -0.15) is 0 Å². The van der Waals surface area contributed by atoms with Crippen molar-refractivity contribution >= 4 is 6.09 Å². The number of carbonyl (C=O) groups is 1. The molecular weight excluding hydrogens is 269 g/mol. The normalized spacial score (nSPS) is 30.8. The molecule has 1 aliphatic carbocycles. The van der Waals surface area contributed by atoms with E-state index in [1.807, 2.05) is 30.3 Å². The van der Waals surface area contributed by atoms with Gasteiger partial charge in [-0.15, -0.1) is 6.42 Å². The van der Waals surface area contributed by atoms with Gasteiger partial charge in [0.25, 0.3) is 0 Å². The number of likely N-dealkylation sites (tertiary alicyclic amines) is 1. The summed E-state index contributed by atoms with van der Waals surface area (Å²) in [6, 6.07) is 9.42. The third-order valence-corrected chi connectivity index (χ3v) is 4.68. The van der Waals surface area contributed by atoms with E-state index in [1.54, 1.807) is 0 Å². The minimum atomic E-state index is -1.45. The molecule has 0 N–H and O–H groups in total. The Kier molecular flexibility index (Phi) is 3.36. The molecule has 110 valence electrons. The molecule has 3 nitrogen and oxygen atoms in total. The van der Waals surface area contributed by atoms with Crippen LogP contribution in [-0.2, 0) is 11.3 Å². The van der Waals surface area contributed by atoms with E-state index in [9.17, 15) is 9.18 Å². The standard InChI is InChI=1S/C17H18FNO2/c1-2-16-9-6-10-17(16,18)13-19(12-16)15(20)21-11-14-7-4-3-5-8-14/h1,3-5,7-8H,6,9-13H2/t16-,17-/m0/s1. The maximum atomic E-state index is 14.9. The first-order chi connectivity index (χ1) is 10.1. The van der Waals surface area contributed by atoms with Crippen LogP contribution in [0.5, 0.6) is 0 Å². The third kappa shape index (κ3) is 2.27. The summed E-state index contributed by atoms with van der Waals surface area (Å²) in [6.07, 6.45) is 6.92. The van der Waals surface area contributed by atoms with E-state index in [4.69, 9.17) is 11.2 Å². The van der Waals surface area contributed by atoms with Crippen LogP contribution < -0.4 is 0 Å². The lowest BCUT2D eigenvalue weighted by Crippen LogP contribution is -2.37. The Morgan fingerprint density at radius 2 is 2.10 bits per heavy atom. The Hall–Kier alpha value is -2.02. The maximum absolute atomic E-state index is 14.9. The molecule has 1 aromatic rings. The second-order valence-corrected chi connectivity index (χ2v) is 5.94. The largest absolute Gasteiger partial charge is 0.445 e. The third-order valence-electron chi connectivity index (χ3n) is 4.68. The summed E-state index contributed by atoms with van der Waals surface area (Å²) < 4.78 is 20.2. The molecule has 4 heteroatoms. The second kappa shape index (κ2) is 5.07. The Balaban J connectivity index is 1.64. The van der Waals surface area contributed by atoms with Gasteiger partial charge in [0, 0.05) is 6.54 Å². The number of hydrogen-bond acceptors (Lipinski definition) is 2. The lowest BCUT2D eigenvalue weighted by Gasteiger charge is -2.26. The molecule has 0 bridgehead atoms. The zero-order valence-electron chi connectivity index (χ0n) is 11.8. The van der Waals surface area contributed by atoms with Gasteiger partial charge in [-0.1, -0.05) is 36.3 Å². The van der Waals surface area contributed by atoms with Crippen molar-refractivity contribution in [2.45, 2.75) is 31.5 Å². The molecule has 2 aliphatic rings. The average Bonchev–Trinajstić information content (AvgIpc) is 2.96. The molecule has 0 spiro atoms. The fourth-order valence-corrected chi connectivity index (χ4v) is 3.46. The first kappa shape index (κ1) is 13.9. The quantitative estimate of drug-likeness (QED) is 0.782. The highest BCUT2D eigenvalue weighted by molar-refractivity contribution is 5.69. The zero-order valence-corrected chi connectivity index (χ0v) is 11.8. The summed E-state index contributed by atoms with van der Waals surface area (Å²) in [5.41, 5.74) is -1.36. The van der Waals surface area contributed by atoms with Gasteiger partial charge < -0.3 is 9.64 Å². The second-order valence-electron chi connectivity index (χ2n) is 5.94. The van der Waals surface area contributed by atoms with Crippen molar-refractivity contribution in [3.05, 3.63) is 35.9 Å². The number of fused-ring (bicyclic) bond motifs is 1. The number of ether oxygens (including phenoxy) is 1. The number of terminal acetylenes is 1. The molecule has 1 aliphatic heterocycles. The van der Waals surface area contributed by atoms with Gasteiger partial charge in [-0.05, 0) is 24.8 Å². The summed E-state index contributed by atoms with van der Waals surface area (Å²) in [6.45, 7) is 0.497. The van der Waals surface area contributed by atoms with Crippen LogP contribution in [-0.4, -0.2) is 29.8 Å². The van der Waals surface area contributed by atoms with E-state index in [0.29, 0.717) is 12.8 Å². The molecule has 1 saturated heterocycles. The molecule has 2 atom stereocenters.